The summed E-state index contributed by atoms with van der Waals surface area (Å²) in [6.45, 7) is 4.15. The van der Waals surface area contributed by atoms with E-state index < -0.39 is 4.92 Å². The van der Waals surface area contributed by atoms with Crippen molar-refractivity contribution < 1.29 is 19.2 Å². The monoisotopic (exact) mass is 333 g/mol. The van der Waals surface area contributed by atoms with Crippen LogP contribution in [0.25, 0.3) is 0 Å². The van der Waals surface area contributed by atoms with E-state index in [1.165, 1.54) is 23.4 Å². The zero-order valence-electron chi connectivity index (χ0n) is 13.1. The molecule has 0 fully saturated rings. The van der Waals surface area contributed by atoms with Gasteiger partial charge in [0.15, 0.2) is 5.75 Å². The fourth-order valence-electron chi connectivity index (χ4n) is 2.15. The van der Waals surface area contributed by atoms with E-state index in [1.807, 2.05) is 0 Å². The third-order valence-corrected chi connectivity index (χ3v) is 3.09. The number of aromatic nitrogens is 3. The van der Waals surface area contributed by atoms with Crippen molar-refractivity contribution in [1.29, 1.82) is 0 Å². The van der Waals surface area contributed by atoms with Gasteiger partial charge in [-0.25, -0.2) is 4.98 Å². The second-order valence-electron chi connectivity index (χ2n) is 5.15. The lowest BCUT2D eigenvalue weighted by Gasteiger charge is -2.19. The molecular weight excluding hydrogens is 318 g/mol. The van der Waals surface area contributed by atoms with Crippen LogP contribution in [0.2, 0.25) is 0 Å². The maximum Gasteiger partial charge on any atom is 0.325 e. The van der Waals surface area contributed by atoms with Crippen LogP contribution in [-0.2, 0) is 4.84 Å². The van der Waals surface area contributed by atoms with E-state index in [-0.39, 0.29) is 35.5 Å². The molecule has 1 aromatic carbocycles. The highest BCUT2D eigenvalue weighted by atomic mass is 16.6. The molecule has 0 aliphatic carbocycles. The van der Waals surface area contributed by atoms with Crippen molar-refractivity contribution in [2.75, 3.05) is 13.2 Å². The predicted molar refractivity (Wildman–Crippen MR) is 82.3 cm³/mol. The molecule has 1 aromatic heterocycles. The number of ether oxygens (including phenoxy) is 2. The van der Waals surface area contributed by atoms with Crippen LogP contribution in [-0.4, -0.2) is 44.8 Å². The first kappa shape index (κ1) is 15.7. The zero-order valence-corrected chi connectivity index (χ0v) is 13.1. The van der Waals surface area contributed by atoms with Gasteiger partial charge in [-0.1, -0.05) is 5.16 Å². The summed E-state index contributed by atoms with van der Waals surface area (Å²) >= 11 is 0. The summed E-state index contributed by atoms with van der Waals surface area (Å²) in [4.78, 5) is 20.2. The van der Waals surface area contributed by atoms with Crippen LogP contribution >= 0.6 is 0 Å². The van der Waals surface area contributed by atoms with E-state index >= 15 is 0 Å². The van der Waals surface area contributed by atoms with Crippen LogP contribution in [0.15, 0.2) is 29.9 Å². The summed E-state index contributed by atoms with van der Waals surface area (Å²) in [7, 11) is 0. The first-order valence-electron chi connectivity index (χ1n) is 7.24. The largest absolute Gasteiger partial charge is 0.486 e. The Morgan fingerprint density at radius 2 is 2.21 bits per heavy atom. The minimum atomic E-state index is -0.537. The molecule has 2 heterocycles. The van der Waals surface area contributed by atoms with E-state index in [9.17, 15) is 10.1 Å². The van der Waals surface area contributed by atoms with E-state index in [0.29, 0.717) is 12.4 Å². The Labute approximate surface area is 136 Å². The van der Waals surface area contributed by atoms with Crippen molar-refractivity contribution in [3.8, 4) is 11.5 Å². The van der Waals surface area contributed by atoms with Gasteiger partial charge in [0.25, 0.3) is 0 Å². The second kappa shape index (κ2) is 6.52. The Hall–Kier alpha value is -3.17. The summed E-state index contributed by atoms with van der Waals surface area (Å²) < 4.78 is 12.1. The van der Waals surface area contributed by atoms with Gasteiger partial charge in [-0.2, -0.15) is 9.78 Å². The fraction of sp³-hybridized carbons (Fsp3) is 0.357. The van der Waals surface area contributed by atoms with Gasteiger partial charge in [0, 0.05) is 0 Å². The Bertz CT molecular complexity index is 772. The molecule has 126 valence electrons. The smallest absolute Gasteiger partial charge is 0.325 e. The number of hydrogen-bond donors (Lipinski definition) is 0. The maximum absolute atomic E-state index is 11.6. The molecule has 0 amide bonds. The van der Waals surface area contributed by atoms with Gasteiger partial charge in [-0.15, -0.1) is 0 Å². The summed E-state index contributed by atoms with van der Waals surface area (Å²) in [5, 5.41) is 19.6. The number of nitro benzene ring substituents is 1. The highest BCUT2D eigenvalue weighted by molar-refractivity contribution is 6.04. The molecule has 10 heteroatoms. The Morgan fingerprint density at radius 3 is 2.88 bits per heavy atom. The van der Waals surface area contributed by atoms with Crippen molar-refractivity contribution in [2.45, 2.75) is 20.0 Å². The maximum atomic E-state index is 11.6. The highest BCUT2D eigenvalue weighted by Gasteiger charge is 2.31. The number of fused-ring (bicyclic) bond motifs is 1. The number of benzene rings is 1. The van der Waals surface area contributed by atoms with Crippen molar-refractivity contribution in [2.24, 2.45) is 5.16 Å². The molecule has 0 radical (unpaired) electrons. The molecule has 24 heavy (non-hydrogen) atoms. The fourth-order valence-corrected chi connectivity index (χ4v) is 2.15. The van der Waals surface area contributed by atoms with E-state index in [0.717, 1.165) is 0 Å². The first-order chi connectivity index (χ1) is 11.6. The summed E-state index contributed by atoms with van der Waals surface area (Å²) in [5.41, 5.74) is -0.0655. The third kappa shape index (κ3) is 2.98. The molecule has 0 atom stereocenters. The minimum Gasteiger partial charge on any atom is -0.486 e. The minimum absolute atomic E-state index is 0.0705. The molecule has 10 nitrogen and oxygen atoms in total. The van der Waals surface area contributed by atoms with Gasteiger partial charge in [0.1, 0.15) is 37.5 Å². The second-order valence-corrected chi connectivity index (χ2v) is 5.15. The molecule has 2 aromatic rings. The van der Waals surface area contributed by atoms with Gasteiger partial charge >= 0.3 is 5.69 Å². The number of nitrogens with zero attached hydrogens (tertiary/aromatic N) is 5. The Kier molecular flexibility index (Phi) is 4.27. The van der Waals surface area contributed by atoms with Crippen molar-refractivity contribution in [3.05, 3.63) is 40.5 Å². The normalized spacial score (nSPS) is 13.9. The average molecular weight is 333 g/mol. The van der Waals surface area contributed by atoms with Gasteiger partial charge in [-0.3, -0.25) is 10.1 Å². The number of rotatable bonds is 4. The molecule has 0 unspecified atom stereocenters. The predicted octanol–water partition coefficient (Wildman–Crippen LogP) is 1.59. The Morgan fingerprint density at radius 1 is 1.42 bits per heavy atom. The van der Waals surface area contributed by atoms with Gasteiger partial charge in [-0.05, 0) is 26.0 Å². The lowest BCUT2D eigenvalue weighted by atomic mass is 10.1. The lowest BCUT2D eigenvalue weighted by Crippen LogP contribution is -2.21. The van der Waals surface area contributed by atoms with E-state index in [1.54, 1.807) is 19.9 Å². The summed E-state index contributed by atoms with van der Waals surface area (Å²) in [6.07, 6.45) is 2.47. The molecule has 0 bridgehead atoms. The number of hydrogen-bond acceptors (Lipinski definition) is 8. The molecule has 0 spiro atoms. The molecule has 1 aliphatic rings. The number of nitro groups is 1. The van der Waals surface area contributed by atoms with E-state index in [2.05, 4.69) is 15.2 Å². The van der Waals surface area contributed by atoms with Gasteiger partial charge in [0.05, 0.1) is 4.92 Å². The third-order valence-electron chi connectivity index (χ3n) is 3.09. The van der Waals surface area contributed by atoms with Gasteiger partial charge < -0.3 is 14.3 Å². The van der Waals surface area contributed by atoms with Crippen LogP contribution < -0.4 is 9.47 Å². The van der Waals surface area contributed by atoms with Crippen LogP contribution in [0.1, 0.15) is 19.4 Å². The Balaban J connectivity index is 2.17. The lowest BCUT2D eigenvalue weighted by molar-refractivity contribution is -0.386. The van der Waals surface area contributed by atoms with E-state index in [4.69, 9.17) is 14.3 Å². The van der Waals surface area contributed by atoms with Crippen LogP contribution in [0.4, 0.5) is 5.69 Å². The quantitative estimate of drug-likeness (QED) is 0.361. The molecule has 0 N–H and O–H groups in total. The van der Waals surface area contributed by atoms with Crippen LogP contribution in [0.5, 0.6) is 11.5 Å². The summed E-state index contributed by atoms with van der Waals surface area (Å²) in [6, 6.07) is 3.12. The average Bonchev–Trinajstić information content (AvgIpc) is 3.08. The molecule has 1 aliphatic heterocycles. The topological polar surface area (TPSA) is 114 Å². The standard InChI is InChI=1S/C14H15N5O5/c1-9(2)24-17-14(18-8-15-7-16-18)10-3-4-11-13(12(10)19(20)21)23-6-5-22-11/h3-4,7-9H,5-6H2,1-2H3/b17-14-. The highest BCUT2D eigenvalue weighted by Crippen LogP contribution is 2.41. The number of oxime groups is 1. The molecular formula is C14H15N5O5. The first-order valence-corrected chi connectivity index (χ1v) is 7.24. The van der Waals surface area contributed by atoms with Crippen LogP contribution in [0.3, 0.4) is 0 Å². The van der Waals surface area contributed by atoms with Crippen molar-refractivity contribution >= 4 is 11.5 Å². The van der Waals surface area contributed by atoms with Crippen molar-refractivity contribution in [1.82, 2.24) is 14.8 Å². The van der Waals surface area contributed by atoms with Gasteiger partial charge in [0.2, 0.25) is 11.6 Å². The molecule has 3 rings (SSSR count). The zero-order chi connectivity index (χ0) is 17.1. The SMILES string of the molecule is CC(C)O/N=C(/c1ccc2c(c1[N+](=O)[O-])OCCO2)n1cncn1. The molecule has 0 saturated heterocycles. The van der Waals surface area contributed by atoms with Crippen molar-refractivity contribution in [3.63, 3.8) is 0 Å². The molecule has 0 saturated carbocycles. The summed E-state index contributed by atoms with van der Waals surface area (Å²) in [5.74, 6) is 0.519. The van der Waals surface area contributed by atoms with Crippen LogP contribution in [0, 0.1) is 10.1 Å².